The molecular weight excluding hydrogens is 392 g/mol. The molecule has 29 heavy (non-hydrogen) atoms. The van der Waals surface area contributed by atoms with Crippen LogP contribution < -0.4 is 4.72 Å². The zero-order valence-corrected chi connectivity index (χ0v) is 17.1. The molecule has 0 spiro atoms. The van der Waals surface area contributed by atoms with Crippen molar-refractivity contribution in [2.75, 3.05) is 6.54 Å². The predicted molar refractivity (Wildman–Crippen MR) is 106 cm³/mol. The van der Waals surface area contributed by atoms with Gasteiger partial charge in [0.25, 0.3) is 5.91 Å². The lowest BCUT2D eigenvalue weighted by Crippen LogP contribution is -2.37. The van der Waals surface area contributed by atoms with Crippen molar-refractivity contribution in [3.63, 3.8) is 0 Å². The summed E-state index contributed by atoms with van der Waals surface area (Å²) in [4.78, 5) is 14.7. The van der Waals surface area contributed by atoms with E-state index in [1.807, 2.05) is 6.07 Å². The molecule has 1 aromatic carbocycles. The lowest BCUT2D eigenvalue weighted by molar-refractivity contribution is 0.0723. The zero-order valence-electron chi connectivity index (χ0n) is 16.3. The van der Waals surface area contributed by atoms with E-state index < -0.39 is 10.0 Å². The van der Waals surface area contributed by atoms with Crippen LogP contribution in [0.25, 0.3) is 0 Å². The molecule has 2 aromatic heterocycles. The van der Waals surface area contributed by atoms with Crippen molar-refractivity contribution in [2.24, 2.45) is 7.05 Å². The summed E-state index contributed by atoms with van der Waals surface area (Å²) in [5.41, 5.74) is 2.40. The third-order valence-corrected chi connectivity index (χ3v) is 6.46. The van der Waals surface area contributed by atoms with Gasteiger partial charge in [-0.2, -0.15) is 5.10 Å². The highest BCUT2D eigenvalue weighted by Crippen LogP contribution is 2.24. The van der Waals surface area contributed by atoms with Crippen molar-refractivity contribution in [2.45, 2.75) is 31.3 Å². The zero-order chi connectivity index (χ0) is 20.6. The summed E-state index contributed by atoms with van der Waals surface area (Å²) in [5, 5.41) is 4.04. The number of hydrogen-bond acceptors (Lipinski definition) is 5. The summed E-state index contributed by atoms with van der Waals surface area (Å²) in [5.74, 6) is 1.17. The number of furan rings is 1. The number of hydrogen-bond donors (Lipinski definition) is 1. The Kier molecular flexibility index (Phi) is 5.01. The molecule has 4 rings (SSSR count). The molecule has 1 aliphatic heterocycles. The summed E-state index contributed by atoms with van der Waals surface area (Å²) in [7, 11) is -1.97. The molecular formula is C20H22N4O4S. The smallest absolute Gasteiger partial charge is 0.272 e. The van der Waals surface area contributed by atoms with Gasteiger partial charge in [0.05, 0.1) is 11.4 Å². The maximum absolute atomic E-state index is 12.8. The van der Waals surface area contributed by atoms with Crippen molar-refractivity contribution in [1.29, 1.82) is 0 Å². The Balaban J connectivity index is 1.52. The highest BCUT2D eigenvalue weighted by Gasteiger charge is 2.25. The van der Waals surface area contributed by atoms with E-state index in [0.29, 0.717) is 31.0 Å². The number of fused-ring (bicyclic) bond motifs is 1. The monoisotopic (exact) mass is 414 g/mol. The Labute approximate surface area is 169 Å². The lowest BCUT2D eigenvalue weighted by atomic mass is 9.99. The Bertz CT molecular complexity index is 1160. The van der Waals surface area contributed by atoms with Gasteiger partial charge in [0.15, 0.2) is 0 Å². The van der Waals surface area contributed by atoms with Gasteiger partial charge < -0.3 is 9.32 Å². The molecule has 0 radical (unpaired) electrons. The number of rotatable bonds is 5. The molecule has 3 heterocycles. The van der Waals surface area contributed by atoms with E-state index in [1.54, 1.807) is 60.1 Å². The van der Waals surface area contributed by atoms with Crippen LogP contribution in [0.5, 0.6) is 0 Å². The third kappa shape index (κ3) is 3.96. The number of benzene rings is 1. The van der Waals surface area contributed by atoms with Crippen LogP contribution in [0, 0.1) is 6.92 Å². The van der Waals surface area contributed by atoms with Gasteiger partial charge in [0.1, 0.15) is 17.2 Å². The predicted octanol–water partition coefficient (Wildman–Crippen LogP) is 2.00. The van der Waals surface area contributed by atoms with Crippen molar-refractivity contribution in [3.05, 3.63) is 70.9 Å². The van der Waals surface area contributed by atoms with Gasteiger partial charge >= 0.3 is 0 Å². The molecule has 152 valence electrons. The fraction of sp³-hybridized carbons (Fsp3) is 0.300. The second-order valence-corrected chi connectivity index (χ2v) is 8.85. The first kappa shape index (κ1) is 19.4. The first-order valence-corrected chi connectivity index (χ1v) is 10.8. The highest BCUT2D eigenvalue weighted by molar-refractivity contribution is 7.89. The maximum Gasteiger partial charge on any atom is 0.272 e. The number of amides is 1. The van der Waals surface area contributed by atoms with Gasteiger partial charge in [-0.05, 0) is 54.8 Å². The fourth-order valence-electron chi connectivity index (χ4n) is 3.45. The average Bonchev–Trinajstić information content (AvgIpc) is 3.33. The molecule has 0 atom stereocenters. The molecule has 1 amide bonds. The minimum Gasteiger partial charge on any atom is -0.465 e. The third-order valence-electron chi connectivity index (χ3n) is 5.06. The van der Waals surface area contributed by atoms with Crippen molar-refractivity contribution in [1.82, 2.24) is 19.4 Å². The normalized spacial score (nSPS) is 14.1. The van der Waals surface area contributed by atoms with E-state index in [0.717, 1.165) is 16.9 Å². The quantitative estimate of drug-likeness (QED) is 0.689. The molecule has 0 aliphatic carbocycles. The number of aryl methyl sites for hydroxylation is 2. The lowest BCUT2D eigenvalue weighted by Gasteiger charge is -2.29. The summed E-state index contributed by atoms with van der Waals surface area (Å²) in [6, 6.07) is 10.3. The Morgan fingerprint density at radius 2 is 2.03 bits per heavy atom. The number of aromatic nitrogens is 2. The molecule has 0 saturated carbocycles. The van der Waals surface area contributed by atoms with Crippen LogP contribution >= 0.6 is 0 Å². The summed E-state index contributed by atoms with van der Waals surface area (Å²) in [6.45, 7) is 2.83. The van der Waals surface area contributed by atoms with Crippen molar-refractivity contribution >= 4 is 15.9 Å². The van der Waals surface area contributed by atoms with Gasteiger partial charge in [0.2, 0.25) is 10.0 Å². The molecule has 0 fully saturated rings. The van der Waals surface area contributed by atoms with Crippen LogP contribution in [-0.2, 0) is 36.6 Å². The Hall–Kier alpha value is -2.91. The van der Waals surface area contributed by atoms with Gasteiger partial charge in [-0.25, -0.2) is 13.1 Å². The second-order valence-electron chi connectivity index (χ2n) is 7.08. The van der Waals surface area contributed by atoms with E-state index in [-0.39, 0.29) is 17.3 Å². The van der Waals surface area contributed by atoms with Crippen LogP contribution in [0.2, 0.25) is 0 Å². The minimum absolute atomic E-state index is 0.0817. The van der Waals surface area contributed by atoms with E-state index >= 15 is 0 Å². The van der Waals surface area contributed by atoms with E-state index in [1.165, 1.54) is 0 Å². The molecule has 0 saturated heterocycles. The van der Waals surface area contributed by atoms with E-state index in [2.05, 4.69) is 9.82 Å². The number of nitrogens with zero attached hydrogens (tertiary/aromatic N) is 3. The summed E-state index contributed by atoms with van der Waals surface area (Å²) in [6.07, 6.45) is 2.26. The largest absolute Gasteiger partial charge is 0.465 e. The molecule has 9 heteroatoms. The molecule has 0 unspecified atom stereocenters. The minimum atomic E-state index is -3.70. The maximum atomic E-state index is 12.8. The average molecular weight is 414 g/mol. The highest BCUT2D eigenvalue weighted by atomic mass is 32.2. The van der Waals surface area contributed by atoms with Gasteiger partial charge in [-0.3, -0.25) is 9.48 Å². The van der Waals surface area contributed by atoms with Crippen LogP contribution in [-0.4, -0.2) is 35.6 Å². The molecule has 1 aliphatic rings. The van der Waals surface area contributed by atoms with Crippen LogP contribution in [0.4, 0.5) is 0 Å². The van der Waals surface area contributed by atoms with Gasteiger partial charge in [-0.1, -0.05) is 6.07 Å². The first-order chi connectivity index (χ1) is 13.8. The Morgan fingerprint density at radius 3 is 2.72 bits per heavy atom. The van der Waals surface area contributed by atoms with Crippen molar-refractivity contribution < 1.29 is 17.6 Å². The van der Waals surface area contributed by atoms with Gasteiger partial charge in [0, 0.05) is 26.3 Å². The molecule has 8 nitrogen and oxygen atoms in total. The topological polar surface area (TPSA) is 97.4 Å². The van der Waals surface area contributed by atoms with E-state index in [4.69, 9.17) is 4.42 Å². The second kappa shape index (κ2) is 7.49. The number of carbonyl (C=O) groups is 1. The molecule has 0 bridgehead atoms. The molecule has 3 aromatic rings. The molecule has 1 N–H and O–H groups in total. The van der Waals surface area contributed by atoms with Crippen LogP contribution in [0.15, 0.2) is 51.9 Å². The first-order valence-electron chi connectivity index (χ1n) is 9.27. The van der Waals surface area contributed by atoms with Crippen LogP contribution in [0.3, 0.4) is 0 Å². The SMILES string of the molecule is Cc1ccc(CNS(=O)(=O)c2ccc3c(c2)CN(C(=O)c2ccnn2C)CC3)o1. The van der Waals surface area contributed by atoms with E-state index in [9.17, 15) is 13.2 Å². The summed E-state index contributed by atoms with van der Waals surface area (Å²) < 4.78 is 34.9. The fourth-order valence-corrected chi connectivity index (χ4v) is 4.49. The Morgan fingerprint density at radius 1 is 1.21 bits per heavy atom. The van der Waals surface area contributed by atoms with Gasteiger partial charge in [-0.15, -0.1) is 0 Å². The summed E-state index contributed by atoms with van der Waals surface area (Å²) >= 11 is 0. The van der Waals surface area contributed by atoms with Crippen LogP contribution in [0.1, 0.15) is 33.1 Å². The number of nitrogens with one attached hydrogen (secondary N) is 1. The number of sulfonamides is 1. The number of carbonyl (C=O) groups excluding carboxylic acids is 1. The van der Waals surface area contributed by atoms with Crippen molar-refractivity contribution in [3.8, 4) is 0 Å². The standard InChI is InChI=1S/C20H22N4O4S/c1-14-3-5-17(28-14)12-22-29(26,27)18-6-4-15-8-10-24(13-16(15)11-18)20(25)19-7-9-21-23(19)2/h3-7,9,11,22H,8,10,12-13H2,1-2H3.